The number of rotatable bonds is 8. The number of nitrogens with one attached hydrogen (secondary N) is 2. The molecule has 0 radical (unpaired) electrons. The average Bonchev–Trinajstić information content (AvgIpc) is 3.14. The van der Waals surface area contributed by atoms with E-state index in [1.807, 2.05) is 23.8 Å². The third kappa shape index (κ3) is 6.64. The third-order valence-corrected chi connectivity index (χ3v) is 4.65. The molecule has 5 nitrogen and oxygen atoms in total. The van der Waals surface area contributed by atoms with Gasteiger partial charge in [0.2, 0.25) is 0 Å². The maximum atomic E-state index is 12.6. The van der Waals surface area contributed by atoms with Gasteiger partial charge in [-0.25, -0.2) is 4.99 Å². The first-order valence-electron chi connectivity index (χ1n) is 8.32. The first-order chi connectivity index (χ1) is 12.8. The summed E-state index contributed by atoms with van der Waals surface area (Å²) in [6.07, 6.45) is 0. The number of hydrogen-bond acceptors (Lipinski definition) is 4. The predicted octanol–water partition coefficient (Wildman–Crippen LogP) is 3.97. The summed E-state index contributed by atoms with van der Waals surface area (Å²) in [5, 5.41) is 20.9. The van der Waals surface area contributed by atoms with Gasteiger partial charge in [-0.15, -0.1) is 0 Å². The molecular formula is C18H22ClF2N3O2S. The van der Waals surface area contributed by atoms with Crippen LogP contribution in [0.15, 0.2) is 40.0 Å². The van der Waals surface area contributed by atoms with Crippen molar-refractivity contribution in [2.75, 3.05) is 13.1 Å². The van der Waals surface area contributed by atoms with Crippen molar-refractivity contribution >= 4 is 28.9 Å². The van der Waals surface area contributed by atoms with Gasteiger partial charge in [0.05, 0.1) is 13.1 Å². The van der Waals surface area contributed by atoms with Crippen molar-refractivity contribution in [3.05, 3.63) is 51.2 Å². The van der Waals surface area contributed by atoms with Gasteiger partial charge in [-0.2, -0.15) is 20.1 Å². The third-order valence-electron chi connectivity index (χ3n) is 3.73. The molecular weight excluding hydrogens is 396 g/mol. The summed E-state index contributed by atoms with van der Waals surface area (Å²) in [5.41, 5.74) is 0.166. The Morgan fingerprint density at radius 1 is 1.37 bits per heavy atom. The zero-order chi connectivity index (χ0) is 19.9. The molecule has 0 aliphatic heterocycles. The first-order valence-corrected chi connectivity index (χ1v) is 9.64. The number of thiophene rings is 1. The molecule has 9 heteroatoms. The Morgan fingerprint density at radius 3 is 2.78 bits per heavy atom. The van der Waals surface area contributed by atoms with Gasteiger partial charge in [-0.05, 0) is 54.4 Å². The Labute approximate surface area is 166 Å². The number of halogens is 3. The molecule has 1 aromatic heterocycles. The van der Waals surface area contributed by atoms with Crippen molar-refractivity contribution in [3.63, 3.8) is 0 Å². The quantitative estimate of drug-likeness (QED) is 0.449. The minimum Gasteiger partial charge on any atom is -0.434 e. The van der Waals surface area contributed by atoms with Gasteiger partial charge in [-0.3, -0.25) is 0 Å². The molecule has 1 unspecified atom stereocenters. The Kier molecular flexibility index (Phi) is 7.82. The number of aliphatic imine (C=N–C) groups is 1. The van der Waals surface area contributed by atoms with Crippen molar-refractivity contribution < 1.29 is 18.6 Å². The molecule has 0 aliphatic rings. The first kappa shape index (κ1) is 21.4. The van der Waals surface area contributed by atoms with Crippen molar-refractivity contribution in [1.29, 1.82) is 0 Å². The summed E-state index contributed by atoms with van der Waals surface area (Å²) in [7, 11) is 0. The minimum atomic E-state index is -2.93. The molecule has 27 heavy (non-hydrogen) atoms. The van der Waals surface area contributed by atoms with E-state index in [2.05, 4.69) is 20.4 Å². The lowest BCUT2D eigenvalue weighted by Crippen LogP contribution is -2.44. The fourth-order valence-corrected chi connectivity index (χ4v) is 3.29. The van der Waals surface area contributed by atoms with Crippen molar-refractivity contribution in [2.24, 2.45) is 4.99 Å². The number of aliphatic hydroxyl groups is 1. The second-order valence-corrected chi connectivity index (χ2v) is 7.18. The lowest BCUT2D eigenvalue weighted by atomic mass is 9.99. The minimum absolute atomic E-state index is 0.0271. The number of guanidine groups is 1. The van der Waals surface area contributed by atoms with Crippen LogP contribution < -0.4 is 15.4 Å². The number of alkyl halides is 2. The summed E-state index contributed by atoms with van der Waals surface area (Å²) in [6.45, 7) is 1.59. The summed E-state index contributed by atoms with van der Waals surface area (Å²) < 4.78 is 29.6. The van der Waals surface area contributed by atoms with Gasteiger partial charge < -0.3 is 20.5 Å². The van der Waals surface area contributed by atoms with Crippen molar-refractivity contribution in [3.8, 4) is 5.75 Å². The zero-order valence-corrected chi connectivity index (χ0v) is 16.6. The molecule has 0 aliphatic carbocycles. The van der Waals surface area contributed by atoms with Gasteiger partial charge in [0.1, 0.15) is 11.4 Å². The molecule has 0 saturated carbocycles. The molecule has 0 fully saturated rings. The maximum absolute atomic E-state index is 12.6. The molecule has 148 valence electrons. The van der Waals surface area contributed by atoms with Gasteiger partial charge in [-0.1, -0.05) is 11.6 Å². The monoisotopic (exact) mass is 417 g/mol. The van der Waals surface area contributed by atoms with E-state index >= 15 is 0 Å². The standard InChI is InChI=1S/C18H22ClF2N3O2S/c1-3-22-17(24-11-18(2,25)13-6-7-27-10-13)23-9-12-8-14(19)4-5-15(12)26-16(20)21/h4-8,10,16,25H,3,9,11H2,1-2H3,(H2,22,23,24). The molecule has 0 saturated heterocycles. The molecule has 3 N–H and O–H groups in total. The highest BCUT2D eigenvalue weighted by atomic mass is 35.5. The molecule has 2 aromatic rings. The Morgan fingerprint density at radius 2 is 2.15 bits per heavy atom. The summed E-state index contributed by atoms with van der Waals surface area (Å²) >= 11 is 7.46. The largest absolute Gasteiger partial charge is 0.434 e. The van der Waals surface area contributed by atoms with E-state index in [0.29, 0.717) is 23.1 Å². The Hall–Kier alpha value is -1.90. The summed E-state index contributed by atoms with van der Waals surface area (Å²) in [4.78, 5) is 4.38. The maximum Gasteiger partial charge on any atom is 0.387 e. The SMILES string of the molecule is CCNC(=NCc1cc(Cl)ccc1OC(F)F)NCC(C)(O)c1ccsc1. The lowest BCUT2D eigenvalue weighted by Gasteiger charge is -2.24. The van der Waals surface area contributed by atoms with Crippen molar-refractivity contribution in [1.82, 2.24) is 10.6 Å². The molecule has 0 bridgehead atoms. The summed E-state index contributed by atoms with van der Waals surface area (Å²) in [5.74, 6) is 0.468. The normalized spacial score (nSPS) is 14.1. The Balaban J connectivity index is 2.10. The topological polar surface area (TPSA) is 65.9 Å². The van der Waals surface area contributed by atoms with Crippen LogP contribution in [0.2, 0.25) is 5.02 Å². The molecule has 1 atom stereocenters. The lowest BCUT2D eigenvalue weighted by molar-refractivity contribution is -0.0504. The smallest absolute Gasteiger partial charge is 0.387 e. The number of nitrogens with zero attached hydrogens (tertiary/aromatic N) is 1. The average molecular weight is 418 g/mol. The van der Waals surface area contributed by atoms with E-state index in [-0.39, 0.29) is 18.8 Å². The van der Waals surface area contributed by atoms with E-state index < -0.39 is 12.2 Å². The van der Waals surface area contributed by atoms with E-state index in [4.69, 9.17) is 11.6 Å². The number of ether oxygens (including phenoxy) is 1. The predicted molar refractivity (Wildman–Crippen MR) is 105 cm³/mol. The highest BCUT2D eigenvalue weighted by molar-refractivity contribution is 7.08. The molecule has 1 heterocycles. The molecule has 0 amide bonds. The van der Waals surface area contributed by atoms with Crippen LogP contribution in [0.1, 0.15) is 25.0 Å². The molecule has 0 spiro atoms. The van der Waals surface area contributed by atoms with Gasteiger partial charge >= 0.3 is 6.61 Å². The van der Waals surface area contributed by atoms with Crippen LogP contribution in [0.3, 0.4) is 0 Å². The van der Waals surface area contributed by atoms with E-state index in [1.165, 1.54) is 29.5 Å². The molecule has 1 aromatic carbocycles. The second kappa shape index (κ2) is 9.87. The van der Waals surface area contributed by atoms with Crippen LogP contribution in [-0.2, 0) is 12.1 Å². The number of hydrogen-bond donors (Lipinski definition) is 3. The highest BCUT2D eigenvalue weighted by Gasteiger charge is 2.23. The van der Waals surface area contributed by atoms with E-state index in [1.54, 1.807) is 6.92 Å². The second-order valence-electron chi connectivity index (χ2n) is 5.97. The zero-order valence-electron chi connectivity index (χ0n) is 15.0. The van der Waals surface area contributed by atoms with Gasteiger partial charge in [0.15, 0.2) is 5.96 Å². The van der Waals surface area contributed by atoms with Crippen LogP contribution in [0, 0.1) is 0 Å². The van der Waals surface area contributed by atoms with Gasteiger partial charge in [0.25, 0.3) is 0 Å². The fraction of sp³-hybridized carbons (Fsp3) is 0.389. The van der Waals surface area contributed by atoms with Crippen LogP contribution in [0.25, 0.3) is 0 Å². The van der Waals surface area contributed by atoms with Crippen LogP contribution in [0.4, 0.5) is 8.78 Å². The fourth-order valence-electron chi connectivity index (χ4n) is 2.32. The Bertz CT molecular complexity index is 755. The van der Waals surface area contributed by atoms with Crippen molar-refractivity contribution in [2.45, 2.75) is 32.6 Å². The molecule has 2 rings (SSSR count). The van der Waals surface area contributed by atoms with E-state index in [0.717, 1.165) is 5.56 Å². The van der Waals surface area contributed by atoms with Gasteiger partial charge in [0, 0.05) is 17.1 Å². The van der Waals surface area contributed by atoms with Crippen LogP contribution in [-0.4, -0.2) is 30.8 Å². The highest BCUT2D eigenvalue weighted by Crippen LogP contribution is 2.25. The van der Waals surface area contributed by atoms with Crippen LogP contribution in [0.5, 0.6) is 5.75 Å². The van der Waals surface area contributed by atoms with E-state index in [9.17, 15) is 13.9 Å². The number of benzene rings is 1. The summed E-state index contributed by atoms with van der Waals surface area (Å²) in [6, 6.07) is 6.26. The van der Waals surface area contributed by atoms with Crippen LogP contribution >= 0.6 is 22.9 Å².